The summed E-state index contributed by atoms with van der Waals surface area (Å²) >= 11 is 7.01. The lowest BCUT2D eigenvalue weighted by Crippen LogP contribution is -2.03. The summed E-state index contributed by atoms with van der Waals surface area (Å²) in [7, 11) is 0. The van der Waals surface area contributed by atoms with Crippen LogP contribution in [0.15, 0.2) is 39.6 Å². The quantitative estimate of drug-likeness (QED) is 0.248. The summed E-state index contributed by atoms with van der Waals surface area (Å²) < 4.78 is 11.2. The van der Waals surface area contributed by atoms with E-state index in [1.54, 1.807) is 0 Å². The van der Waals surface area contributed by atoms with Crippen LogP contribution in [0.4, 0.5) is 0 Å². The highest BCUT2D eigenvalue weighted by Crippen LogP contribution is 2.29. The first-order chi connectivity index (χ1) is 11.2. The van der Waals surface area contributed by atoms with Crippen molar-refractivity contribution in [1.29, 1.82) is 0 Å². The topological polar surface area (TPSA) is 39.4 Å². The van der Waals surface area contributed by atoms with Crippen LogP contribution < -0.4 is 0 Å². The molecule has 0 atom stereocenters. The normalized spacial score (nSPS) is 10.8. The Hall–Kier alpha value is -1.33. The van der Waals surface area contributed by atoms with Crippen LogP contribution in [0.1, 0.15) is 39.0 Å². The first kappa shape index (κ1) is 18.0. The maximum absolute atomic E-state index is 11.0. The fraction of sp³-hybridized carbons (Fsp3) is 0.444. The molecule has 1 heterocycles. The standard InChI is InChI=1S/C18H22O3S2/c1-2-17(19)20-11-7-3-4-8-12-23-16-13-18(22)21-15-10-6-5-9-14(15)16/h5-6,9-10,13H,2-4,7-8,11-12H2,1H3. The Morgan fingerprint density at radius 3 is 2.83 bits per heavy atom. The lowest BCUT2D eigenvalue weighted by Gasteiger charge is -2.06. The summed E-state index contributed by atoms with van der Waals surface area (Å²) in [4.78, 5) is 12.2. The van der Waals surface area contributed by atoms with Gasteiger partial charge in [0, 0.05) is 22.8 Å². The van der Waals surface area contributed by atoms with Gasteiger partial charge in [-0.25, -0.2) is 0 Å². The molecule has 0 N–H and O–H groups in total. The molecule has 23 heavy (non-hydrogen) atoms. The second kappa shape index (κ2) is 9.73. The molecule has 0 saturated carbocycles. The molecule has 124 valence electrons. The van der Waals surface area contributed by atoms with Gasteiger partial charge >= 0.3 is 5.97 Å². The second-order valence-electron chi connectivity index (χ2n) is 5.26. The number of carbonyl (C=O) groups is 1. The molecule has 2 aromatic rings. The van der Waals surface area contributed by atoms with Crippen molar-refractivity contribution in [3.63, 3.8) is 0 Å². The summed E-state index contributed by atoms with van der Waals surface area (Å²) in [5, 5.41) is 1.12. The van der Waals surface area contributed by atoms with Crippen molar-refractivity contribution < 1.29 is 13.9 Å². The van der Waals surface area contributed by atoms with Gasteiger partial charge in [0.25, 0.3) is 0 Å². The Bertz CT molecular complexity index is 694. The van der Waals surface area contributed by atoms with Gasteiger partial charge in [0.2, 0.25) is 0 Å². The summed E-state index contributed by atoms with van der Waals surface area (Å²) in [6, 6.07) is 9.93. The van der Waals surface area contributed by atoms with Gasteiger partial charge in [-0.3, -0.25) is 4.79 Å². The highest BCUT2D eigenvalue weighted by atomic mass is 32.2. The first-order valence-electron chi connectivity index (χ1n) is 8.02. The number of hydrogen-bond donors (Lipinski definition) is 0. The van der Waals surface area contributed by atoms with Gasteiger partial charge in [0.15, 0.2) is 4.71 Å². The molecule has 0 aliphatic rings. The van der Waals surface area contributed by atoms with E-state index < -0.39 is 0 Å². The van der Waals surface area contributed by atoms with Crippen LogP contribution in [0.2, 0.25) is 0 Å². The number of benzene rings is 1. The van der Waals surface area contributed by atoms with E-state index in [-0.39, 0.29) is 5.97 Å². The number of ether oxygens (including phenoxy) is 1. The number of para-hydroxylation sites is 1. The molecule has 0 amide bonds. The zero-order chi connectivity index (χ0) is 16.5. The number of thioether (sulfide) groups is 1. The monoisotopic (exact) mass is 350 g/mol. The fourth-order valence-corrected chi connectivity index (χ4v) is 3.59. The highest BCUT2D eigenvalue weighted by molar-refractivity contribution is 7.99. The van der Waals surface area contributed by atoms with Crippen molar-refractivity contribution in [1.82, 2.24) is 0 Å². The number of carbonyl (C=O) groups excluding carboxylic acids is 1. The van der Waals surface area contributed by atoms with Crippen LogP contribution in [0.3, 0.4) is 0 Å². The molecular weight excluding hydrogens is 328 g/mol. The van der Waals surface area contributed by atoms with Crippen molar-refractivity contribution >= 4 is 40.9 Å². The van der Waals surface area contributed by atoms with Crippen LogP contribution >= 0.6 is 24.0 Å². The molecule has 0 saturated heterocycles. The number of fused-ring (bicyclic) bond motifs is 1. The van der Waals surface area contributed by atoms with E-state index in [0.717, 1.165) is 42.4 Å². The molecule has 2 rings (SSSR count). The Morgan fingerprint density at radius 2 is 2.00 bits per heavy atom. The Balaban J connectivity index is 1.71. The van der Waals surface area contributed by atoms with Crippen LogP contribution in [0.25, 0.3) is 11.0 Å². The van der Waals surface area contributed by atoms with E-state index in [1.165, 1.54) is 4.90 Å². The second-order valence-corrected chi connectivity index (χ2v) is 6.80. The van der Waals surface area contributed by atoms with Crippen molar-refractivity contribution in [3.8, 4) is 0 Å². The first-order valence-corrected chi connectivity index (χ1v) is 9.41. The Morgan fingerprint density at radius 1 is 1.22 bits per heavy atom. The lowest BCUT2D eigenvalue weighted by molar-refractivity contribution is -0.143. The van der Waals surface area contributed by atoms with Crippen molar-refractivity contribution in [3.05, 3.63) is 35.0 Å². The van der Waals surface area contributed by atoms with Crippen LogP contribution in [0, 0.1) is 4.71 Å². The SMILES string of the molecule is CCC(=O)OCCCCCCSc1cc(=S)oc2ccccc12. The zero-order valence-corrected chi connectivity index (χ0v) is 15.0. The molecule has 0 radical (unpaired) electrons. The summed E-state index contributed by atoms with van der Waals surface area (Å²) in [5.74, 6) is 0.944. The lowest BCUT2D eigenvalue weighted by atomic mass is 10.2. The van der Waals surface area contributed by atoms with Crippen LogP contribution in [0.5, 0.6) is 0 Å². The van der Waals surface area contributed by atoms with Gasteiger partial charge in [-0.05, 0) is 36.9 Å². The zero-order valence-electron chi connectivity index (χ0n) is 13.4. The van der Waals surface area contributed by atoms with Crippen molar-refractivity contribution in [2.75, 3.05) is 12.4 Å². The maximum atomic E-state index is 11.0. The van der Waals surface area contributed by atoms with Gasteiger partial charge in [-0.15, -0.1) is 11.8 Å². The molecule has 5 heteroatoms. The Kier molecular flexibility index (Phi) is 7.62. The van der Waals surface area contributed by atoms with E-state index >= 15 is 0 Å². The average molecular weight is 351 g/mol. The molecule has 0 bridgehead atoms. The molecule has 0 aliphatic heterocycles. The predicted molar refractivity (Wildman–Crippen MR) is 97.5 cm³/mol. The summed E-state index contributed by atoms with van der Waals surface area (Å²) in [6.45, 7) is 2.36. The van der Waals surface area contributed by atoms with Gasteiger partial charge in [0.1, 0.15) is 5.58 Å². The number of hydrogen-bond acceptors (Lipinski definition) is 5. The molecular formula is C18H22O3S2. The molecule has 0 spiro atoms. The van der Waals surface area contributed by atoms with E-state index in [0.29, 0.717) is 17.7 Å². The molecule has 1 aromatic heterocycles. The predicted octanol–water partition coefficient (Wildman–Crippen LogP) is 5.77. The smallest absolute Gasteiger partial charge is 0.305 e. The van der Waals surface area contributed by atoms with Gasteiger partial charge < -0.3 is 9.15 Å². The Labute approximate surface area is 146 Å². The minimum absolute atomic E-state index is 0.110. The molecule has 0 fully saturated rings. The van der Waals surface area contributed by atoms with E-state index in [1.807, 2.05) is 43.0 Å². The van der Waals surface area contributed by atoms with Gasteiger partial charge in [0.05, 0.1) is 6.61 Å². The molecule has 1 aromatic carbocycles. The van der Waals surface area contributed by atoms with Gasteiger partial charge in [-0.2, -0.15) is 0 Å². The van der Waals surface area contributed by atoms with Crippen molar-refractivity contribution in [2.45, 2.75) is 43.9 Å². The van der Waals surface area contributed by atoms with Crippen molar-refractivity contribution in [2.24, 2.45) is 0 Å². The van der Waals surface area contributed by atoms with E-state index in [4.69, 9.17) is 21.4 Å². The minimum Gasteiger partial charge on any atom is -0.466 e. The molecule has 0 aliphatic carbocycles. The maximum Gasteiger partial charge on any atom is 0.305 e. The largest absolute Gasteiger partial charge is 0.466 e. The minimum atomic E-state index is -0.110. The number of unbranched alkanes of at least 4 members (excludes halogenated alkanes) is 3. The average Bonchev–Trinajstić information content (AvgIpc) is 2.56. The third kappa shape index (κ3) is 5.99. The number of esters is 1. The van der Waals surface area contributed by atoms with E-state index in [9.17, 15) is 4.79 Å². The van der Waals surface area contributed by atoms with Crippen LogP contribution in [-0.4, -0.2) is 18.3 Å². The summed E-state index contributed by atoms with van der Waals surface area (Å²) in [6.07, 6.45) is 4.78. The molecule has 3 nitrogen and oxygen atoms in total. The summed E-state index contributed by atoms with van der Waals surface area (Å²) in [5.41, 5.74) is 0.847. The van der Waals surface area contributed by atoms with Gasteiger partial charge in [-0.1, -0.05) is 38.0 Å². The highest BCUT2D eigenvalue weighted by Gasteiger charge is 2.04. The van der Waals surface area contributed by atoms with Crippen LogP contribution in [-0.2, 0) is 9.53 Å². The fourth-order valence-electron chi connectivity index (χ4n) is 2.23. The van der Waals surface area contributed by atoms with E-state index in [2.05, 4.69) is 6.07 Å². The molecule has 0 unspecified atom stereocenters. The third-order valence-corrected chi connectivity index (χ3v) is 4.80. The third-order valence-electron chi connectivity index (χ3n) is 3.46. The number of rotatable bonds is 9.